The summed E-state index contributed by atoms with van der Waals surface area (Å²) < 4.78 is 5.89. The van der Waals surface area contributed by atoms with Gasteiger partial charge in [0, 0.05) is 12.2 Å². The highest BCUT2D eigenvalue weighted by Gasteiger charge is 2.34. The molecule has 2 fully saturated rings. The lowest BCUT2D eigenvalue weighted by Crippen LogP contribution is -2.46. The molecule has 1 saturated heterocycles. The summed E-state index contributed by atoms with van der Waals surface area (Å²) in [7, 11) is 0. The van der Waals surface area contributed by atoms with Crippen LogP contribution >= 0.6 is 12.4 Å². The van der Waals surface area contributed by atoms with E-state index in [2.05, 4.69) is 10.6 Å². The van der Waals surface area contributed by atoms with Gasteiger partial charge in [0.1, 0.15) is 11.9 Å². The summed E-state index contributed by atoms with van der Waals surface area (Å²) in [5, 5.41) is 16.3. The molecular formula is C19H29ClN2O3. The van der Waals surface area contributed by atoms with Gasteiger partial charge in [0.05, 0.1) is 11.5 Å². The average Bonchev–Trinajstić information content (AvgIpc) is 2.59. The molecule has 1 aliphatic heterocycles. The van der Waals surface area contributed by atoms with Crippen molar-refractivity contribution in [2.45, 2.75) is 57.7 Å². The second-order valence-electron chi connectivity index (χ2n) is 7.33. The standard InChI is InChI=1S/C19H28N2O3.ClH/c1-19(11-4-12-20-13-19)18(23)21-14-7-9-15(10-8-14)24-17-6-3-2-5-16(17)22;/h7-10,16-17,20,22H,2-6,11-13H2,1H3,(H,21,23);1H. The van der Waals surface area contributed by atoms with Crippen LogP contribution in [0, 0.1) is 5.41 Å². The van der Waals surface area contributed by atoms with E-state index in [0.717, 1.165) is 63.1 Å². The van der Waals surface area contributed by atoms with Crippen LogP contribution in [-0.2, 0) is 4.79 Å². The predicted molar refractivity (Wildman–Crippen MR) is 101 cm³/mol. The van der Waals surface area contributed by atoms with Crippen LogP contribution in [0.1, 0.15) is 45.4 Å². The molecule has 1 heterocycles. The summed E-state index contributed by atoms with van der Waals surface area (Å²) in [6.45, 7) is 3.72. The fraction of sp³-hybridized carbons (Fsp3) is 0.632. The van der Waals surface area contributed by atoms with Gasteiger partial charge < -0.3 is 20.5 Å². The minimum Gasteiger partial charge on any atom is -0.488 e. The highest BCUT2D eigenvalue weighted by molar-refractivity contribution is 5.95. The van der Waals surface area contributed by atoms with E-state index in [1.165, 1.54) is 0 Å². The van der Waals surface area contributed by atoms with Gasteiger partial charge in [-0.05, 0) is 69.8 Å². The Hall–Kier alpha value is -1.30. The molecule has 3 unspecified atom stereocenters. The largest absolute Gasteiger partial charge is 0.488 e. The van der Waals surface area contributed by atoms with E-state index < -0.39 is 0 Å². The van der Waals surface area contributed by atoms with Gasteiger partial charge in [-0.2, -0.15) is 0 Å². The molecule has 3 rings (SSSR count). The first-order valence-corrected chi connectivity index (χ1v) is 9.04. The van der Waals surface area contributed by atoms with Crippen LogP contribution in [0.25, 0.3) is 0 Å². The van der Waals surface area contributed by atoms with Crippen LogP contribution in [0.2, 0.25) is 0 Å². The maximum absolute atomic E-state index is 12.5. The first-order chi connectivity index (χ1) is 11.6. The van der Waals surface area contributed by atoms with Crippen LogP contribution in [0.3, 0.4) is 0 Å². The molecule has 3 N–H and O–H groups in total. The van der Waals surface area contributed by atoms with Crippen molar-refractivity contribution in [1.82, 2.24) is 5.32 Å². The van der Waals surface area contributed by atoms with E-state index in [1.54, 1.807) is 0 Å². The Morgan fingerprint density at radius 3 is 2.60 bits per heavy atom. The van der Waals surface area contributed by atoms with E-state index >= 15 is 0 Å². The summed E-state index contributed by atoms with van der Waals surface area (Å²) in [5.41, 5.74) is 0.433. The fourth-order valence-electron chi connectivity index (χ4n) is 3.54. The quantitative estimate of drug-likeness (QED) is 0.763. The second kappa shape index (κ2) is 8.88. The molecule has 140 valence electrons. The molecule has 1 aromatic carbocycles. The number of nitrogens with one attached hydrogen (secondary N) is 2. The molecule has 0 spiro atoms. The highest BCUT2D eigenvalue weighted by Crippen LogP contribution is 2.28. The molecule has 2 aliphatic rings. The number of hydrogen-bond acceptors (Lipinski definition) is 4. The van der Waals surface area contributed by atoms with E-state index in [9.17, 15) is 9.90 Å². The Balaban J connectivity index is 0.00000225. The Morgan fingerprint density at radius 2 is 1.96 bits per heavy atom. The number of benzene rings is 1. The summed E-state index contributed by atoms with van der Waals surface area (Å²) in [4.78, 5) is 12.5. The molecule has 25 heavy (non-hydrogen) atoms. The smallest absolute Gasteiger partial charge is 0.231 e. The number of aliphatic hydroxyl groups is 1. The minimum atomic E-state index is -0.378. The van der Waals surface area contributed by atoms with Crippen molar-refractivity contribution in [1.29, 1.82) is 0 Å². The third kappa shape index (κ3) is 5.09. The van der Waals surface area contributed by atoms with Crippen molar-refractivity contribution in [3.63, 3.8) is 0 Å². The lowest BCUT2D eigenvalue weighted by Gasteiger charge is -2.32. The number of halogens is 1. The maximum atomic E-state index is 12.5. The summed E-state index contributed by atoms with van der Waals surface area (Å²) in [5.74, 6) is 0.801. The van der Waals surface area contributed by atoms with Crippen LogP contribution in [0.4, 0.5) is 5.69 Å². The number of aliphatic hydroxyl groups excluding tert-OH is 1. The zero-order valence-corrected chi connectivity index (χ0v) is 15.6. The predicted octanol–water partition coefficient (Wildman–Crippen LogP) is 3.12. The molecule has 6 heteroatoms. The number of ether oxygens (including phenoxy) is 1. The Morgan fingerprint density at radius 1 is 1.24 bits per heavy atom. The summed E-state index contributed by atoms with van der Waals surface area (Å²) in [6.07, 6.45) is 5.31. The third-order valence-electron chi connectivity index (χ3n) is 5.21. The molecule has 1 amide bonds. The second-order valence-corrected chi connectivity index (χ2v) is 7.33. The van der Waals surface area contributed by atoms with E-state index in [1.807, 2.05) is 31.2 Å². The molecule has 0 bridgehead atoms. The fourth-order valence-corrected chi connectivity index (χ4v) is 3.54. The van der Waals surface area contributed by atoms with Crippen LogP contribution in [0.15, 0.2) is 24.3 Å². The lowest BCUT2D eigenvalue weighted by atomic mass is 9.82. The monoisotopic (exact) mass is 368 g/mol. The molecule has 1 aliphatic carbocycles. The molecule has 0 radical (unpaired) electrons. The number of anilines is 1. The number of carbonyl (C=O) groups is 1. The summed E-state index contributed by atoms with van der Waals surface area (Å²) in [6, 6.07) is 7.45. The van der Waals surface area contributed by atoms with E-state index in [0.29, 0.717) is 0 Å². The highest BCUT2D eigenvalue weighted by atomic mass is 35.5. The molecular weight excluding hydrogens is 340 g/mol. The van der Waals surface area contributed by atoms with Crippen LogP contribution in [0.5, 0.6) is 5.75 Å². The van der Waals surface area contributed by atoms with Crippen molar-refractivity contribution in [3.8, 4) is 5.75 Å². The van der Waals surface area contributed by atoms with Gasteiger partial charge in [0.2, 0.25) is 5.91 Å². The van der Waals surface area contributed by atoms with Crippen molar-refractivity contribution in [3.05, 3.63) is 24.3 Å². The molecule has 1 aromatic rings. The zero-order chi connectivity index (χ0) is 17.0. The molecule has 0 aromatic heterocycles. The third-order valence-corrected chi connectivity index (χ3v) is 5.21. The van der Waals surface area contributed by atoms with Gasteiger partial charge in [-0.1, -0.05) is 6.42 Å². The van der Waals surface area contributed by atoms with Gasteiger partial charge >= 0.3 is 0 Å². The van der Waals surface area contributed by atoms with Crippen molar-refractivity contribution in [2.24, 2.45) is 5.41 Å². The van der Waals surface area contributed by atoms with Gasteiger partial charge in [0.15, 0.2) is 0 Å². The van der Waals surface area contributed by atoms with Crippen LogP contribution in [-0.4, -0.2) is 36.3 Å². The maximum Gasteiger partial charge on any atom is 0.231 e. The van der Waals surface area contributed by atoms with Gasteiger partial charge in [-0.3, -0.25) is 4.79 Å². The van der Waals surface area contributed by atoms with Crippen molar-refractivity contribution >= 4 is 24.0 Å². The van der Waals surface area contributed by atoms with Gasteiger partial charge in [0.25, 0.3) is 0 Å². The van der Waals surface area contributed by atoms with Gasteiger partial charge in [-0.15, -0.1) is 12.4 Å². The number of carbonyl (C=O) groups excluding carboxylic acids is 1. The van der Waals surface area contributed by atoms with E-state index in [4.69, 9.17) is 4.74 Å². The normalized spacial score (nSPS) is 29.4. The first-order valence-electron chi connectivity index (χ1n) is 9.04. The van der Waals surface area contributed by atoms with Crippen molar-refractivity contribution in [2.75, 3.05) is 18.4 Å². The topological polar surface area (TPSA) is 70.6 Å². The summed E-state index contributed by atoms with van der Waals surface area (Å²) >= 11 is 0. The average molecular weight is 369 g/mol. The Labute approximate surface area is 155 Å². The molecule has 5 nitrogen and oxygen atoms in total. The Kier molecular flexibility index (Phi) is 7.11. The zero-order valence-electron chi connectivity index (χ0n) is 14.8. The SMILES string of the molecule is CC1(C(=O)Nc2ccc(OC3CCCCC3O)cc2)CCCNC1.Cl. The minimum absolute atomic E-state index is 0. The lowest BCUT2D eigenvalue weighted by molar-refractivity contribution is -0.125. The number of amides is 1. The van der Waals surface area contributed by atoms with Crippen LogP contribution < -0.4 is 15.4 Å². The van der Waals surface area contributed by atoms with Gasteiger partial charge in [-0.25, -0.2) is 0 Å². The Bertz CT molecular complexity index is 558. The van der Waals surface area contributed by atoms with E-state index in [-0.39, 0.29) is 35.9 Å². The first kappa shape index (κ1) is 20.0. The number of piperidine rings is 1. The number of rotatable bonds is 4. The van der Waals surface area contributed by atoms with Crippen molar-refractivity contribution < 1.29 is 14.6 Å². The molecule has 3 atom stereocenters. The number of hydrogen-bond donors (Lipinski definition) is 3. The molecule has 1 saturated carbocycles.